The lowest BCUT2D eigenvalue weighted by Crippen LogP contribution is -2.12. The van der Waals surface area contributed by atoms with Gasteiger partial charge in [0.15, 0.2) is 0 Å². The Morgan fingerprint density at radius 1 is 0.407 bits per heavy atom. The van der Waals surface area contributed by atoms with Gasteiger partial charge in [-0.1, -0.05) is 103 Å². The molecule has 0 spiro atoms. The molecule has 0 atom stereocenters. The molecule has 0 bridgehead atoms. The SMILES string of the molecule is COc1ccc(N(c2ccc(-c3nc4c5ccccc5nc(-c5ccccc5)c4n3-c3ccccc3)cc2)c2ccc(N(c3ccccc3)c3ccccc3)cc2)cc1. The van der Waals surface area contributed by atoms with Crippen LogP contribution in [0.25, 0.3) is 50.3 Å². The zero-order valence-corrected chi connectivity index (χ0v) is 32.4. The average Bonchev–Trinajstić information content (AvgIpc) is 3.72. The number of pyridine rings is 1. The van der Waals surface area contributed by atoms with Gasteiger partial charge in [0, 0.05) is 56.3 Å². The van der Waals surface area contributed by atoms with E-state index in [0.717, 1.165) is 90.1 Å². The lowest BCUT2D eigenvalue weighted by Gasteiger charge is -2.28. The normalized spacial score (nSPS) is 11.1. The first-order chi connectivity index (χ1) is 29.2. The minimum Gasteiger partial charge on any atom is -0.497 e. The number of benzene rings is 8. The number of fused-ring (bicyclic) bond motifs is 3. The highest BCUT2D eigenvalue weighted by molar-refractivity contribution is 6.09. The summed E-state index contributed by atoms with van der Waals surface area (Å²) in [7, 11) is 1.69. The van der Waals surface area contributed by atoms with Crippen LogP contribution in [0.2, 0.25) is 0 Å². The van der Waals surface area contributed by atoms with Crippen molar-refractivity contribution >= 4 is 56.1 Å². The van der Waals surface area contributed by atoms with Gasteiger partial charge in [0.2, 0.25) is 0 Å². The van der Waals surface area contributed by atoms with Gasteiger partial charge >= 0.3 is 0 Å². The van der Waals surface area contributed by atoms with Crippen LogP contribution in [0.15, 0.2) is 218 Å². The van der Waals surface area contributed by atoms with Gasteiger partial charge in [-0.05, 0) is 115 Å². The minimum absolute atomic E-state index is 0.803. The molecule has 0 aliphatic heterocycles. The summed E-state index contributed by atoms with van der Waals surface area (Å²) in [6.45, 7) is 0. The maximum Gasteiger partial charge on any atom is 0.145 e. The largest absolute Gasteiger partial charge is 0.497 e. The Hall–Kier alpha value is -7.96. The summed E-state index contributed by atoms with van der Waals surface area (Å²) in [5, 5.41) is 1.02. The van der Waals surface area contributed by atoms with Crippen LogP contribution in [0, 0.1) is 0 Å². The Morgan fingerprint density at radius 3 is 1.39 bits per heavy atom. The fourth-order valence-corrected chi connectivity index (χ4v) is 7.88. The number of rotatable bonds is 10. The zero-order chi connectivity index (χ0) is 39.5. The maximum atomic E-state index is 5.55. The first-order valence-corrected chi connectivity index (χ1v) is 19.7. The second-order valence-corrected chi connectivity index (χ2v) is 14.3. The summed E-state index contributed by atoms with van der Waals surface area (Å²) in [6, 6.07) is 75.7. The number of anilines is 6. The number of ether oxygens (including phenoxy) is 1. The van der Waals surface area contributed by atoms with Gasteiger partial charge in [-0.3, -0.25) is 4.57 Å². The first-order valence-electron chi connectivity index (χ1n) is 19.7. The molecule has 282 valence electrons. The molecule has 0 aliphatic carbocycles. The second kappa shape index (κ2) is 15.5. The molecule has 6 heteroatoms. The Morgan fingerprint density at radius 2 is 0.847 bits per heavy atom. The van der Waals surface area contributed by atoms with Crippen molar-refractivity contribution < 1.29 is 4.74 Å². The minimum atomic E-state index is 0.803. The third-order valence-corrected chi connectivity index (χ3v) is 10.7. The molecular formula is C53H39N5O. The molecule has 0 saturated heterocycles. The standard InChI is InChI=1S/C53H39N5O/c1-59-47-36-34-46(35-37-47)57(45-32-30-44(31-33-45)56(40-18-8-3-9-19-40)41-20-10-4-11-21-41)43-28-26-39(27-29-43)53-55-51-48-24-14-15-25-49(48)54-50(38-16-6-2-7-17-38)52(51)58(53)42-22-12-5-13-23-42/h2-37H,1H3. The molecule has 10 rings (SSSR count). The molecule has 2 heterocycles. The topological polar surface area (TPSA) is 46.4 Å². The Balaban J connectivity index is 1.11. The summed E-state index contributed by atoms with van der Waals surface area (Å²) in [5.74, 6) is 1.65. The van der Waals surface area contributed by atoms with Crippen LogP contribution >= 0.6 is 0 Å². The van der Waals surface area contributed by atoms with Crippen LogP contribution in [0.5, 0.6) is 5.75 Å². The Bertz CT molecular complexity index is 2950. The van der Waals surface area contributed by atoms with Crippen molar-refractivity contribution in [2.24, 2.45) is 0 Å². The first kappa shape index (κ1) is 35.5. The third-order valence-electron chi connectivity index (χ3n) is 10.7. The van der Waals surface area contributed by atoms with Gasteiger partial charge in [-0.2, -0.15) is 0 Å². The smallest absolute Gasteiger partial charge is 0.145 e. The molecule has 10 aromatic rings. The number of aromatic nitrogens is 3. The average molecular weight is 762 g/mol. The summed E-state index contributed by atoms with van der Waals surface area (Å²) in [6.07, 6.45) is 0. The molecule has 0 aliphatic rings. The fourth-order valence-electron chi connectivity index (χ4n) is 7.88. The highest BCUT2D eigenvalue weighted by Gasteiger charge is 2.23. The molecule has 0 amide bonds. The van der Waals surface area contributed by atoms with E-state index in [1.807, 2.05) is 42.5 Å². The van der Waals surface area contributed by atoms with E-state index in [-0.39, 0.29) is 0 Å². The summed E-state index contributed by atoms with van der Waals surface area (Å²) in [5.41, 5.74) is 13.0. The van der Waals surface area contributed by atoms with Crippen LogP contribution in [-0.2, 0) is 0 Å². The van der Waals surface area contributed by atoms with E-state index < -0.39 is 0 Å². The maximum absolute atomic E-state index is 5.55. The van der Waals surface area contributed by atoms with E-state index in [1.165, 1.54) is 0 Å². The molecule has 2 aromatic heterocycles. The van der Waals surface area contributed by atoms with Gasteiger partial charge in [-0.25, -0.2) is 9.97 Å². The molecule has 0 unspecified atom stereocenters. The molecule has 0 N–H and O–H groups in total. The van der Waals surface area contributed by atoms with E-state index in [1.54, 1.807) is 7.11 Å². The van der Waals surface area contributed by atoms with Crippen LogP contribution in [0.4, 0.5) is 34.1 Å². The molecular weight excluding hydrogens is 723 g/mol. The zero-order valence-electron chi connectivity index (χ0n) is 32.4. The summed E-state index contributed by atoms with van der Waals surface area (Å²) < 4.78 is 7.81. The quantitative estimate of drug-likeness (QED) is 0.139. The van der Waals surface area contributed by atoms with Gasteiger partial charge in [0.25, 0.3) is 0 Å². The monoisotopic (exact) mass is 761 g/mol. The van der Waals surface area contributed by atoms with E-state index in [4.69, 9.17) is 14.7 Å². The third kappa shape index (κ3) is 6.73. The van der Waals surface area contributed by atoms with Crippen molar-refractivity contribution in [3.63, 3.8) is 0 Å². The van der Waals surface area contributed by atoms with Crippen LogP contribution in [0.1, 0.15) is 0 Å². The van der Waals surface area contributed by atoms with Gasteiger partial charge in [0.05, 0.1) is 18.3 Å². The number of imidazole rings is 1. The summed E-state index contributed by atoms with van der Waals surface area (Å²) >= 11 is 0. The molecule has 6 nitrogen and oxygen atoms in total. The van der Waals surface area contributed by atoms with Crippen LogP contribution in [-0.4, -0.2) is 21.6 Å². The van der Waals surface area contributed by atoms with Crippen LogP contribution in [0.3, 0.4) is 0 Å². The number of hydrogen-bond donors (Lipinski definition) is 0. The molecule has 0 saturated carbocycles. The van der Waals surface area contributed by atoms with Crippen molar-refractivity contribution in [1.82, 2.24) is 14.5 Å². The van der Waals surface area contributed by atoms with Crippen LogP contribution < -0.4 is 14.5 Å². The Labute approximate surface area is 343 Å². The van der Waals surface area contributed by atoms with Crippen molar-refractivity contribution in [3.05, 3.63) is 218 Å². The van der Waals surface area contributed by atoms with E-state index in [0.29, 0.717) is 0 Å². The van der Waals surface area contributed by atoms with Crippen molar-refractivity contribution in [2.75, 3.05) is 16.9 Å². The van der Waals surface area contributed by atoms with Crippen molar-refractivity contribution in [2.45, 2.75) is 0 Å². The predicted octanol–water partition coefficient (Wildman–Crippen LogP) is 13.9. The number of nitrogens with zero attached hydrogens (tertiary/aromatic N) is 5. The predicted molar refractivity (Wildman–Crippen MR) is 243 cm³/mol. The van der Waals surface area contributed by atoms with Gasteiger partial charge in [0.1, 0.15) is 22.6 Å². The lowest BCUT2D eigenvalue weighted by molar-refractivity contribution is 0.415. The molecule has 59 heavy (non-hydrogen) atoms. The van der Waals surface area contributed by atoms with E-state index in [9.17, 15) is 0 Å². The van der Waals surface area contributed by atoms with E-state index in [2.05, 4.69) is 190 Å². The molecule has 0 radical (unpaired) electrons. The lowest BCUT2D eigenvalue weighted by atomic mass is 10.1. The molecule has 8 aromatic carbocycles. The number of methoxy groups -OCH3 is 1. The highest BCUT2D eigenvalue weighted by Crippen LogP contribution is 2.42. The van der Waals surface area contributed by atoms with Crippen molar-refractivity contribution in [3.8, 4) is 34.1 Å². The van der Waals surface area contributed by atoms with Gasteiger partial charge in [-0.15, -0.1) is 0 Å². The Kier molecular flexibility index (Phi) is 9.33. The van der Waals surface area contributed by atoms with Gasteiger partial charge < -0.3 is 14.5 Å². The van der Waals surface area contributed by atoms with Crippen molar-refractivity contribution in [1.29, 1.82) is 0 Å². The number of para-hydroxylation sites is 4. The van der Waals surface area contributed by atoms with E-state index >= 15 is 0 Å². The fraction of sp³-hybridized carbons (Fsp3) is 0.0189. The molecule has 0 fully saturated rings. The second-order valence-electron chi connectivity index (χ2n) is 14.3. The summed E-state index contributed by atoms with van der Waals surface area (Å²) in [4.78, 5) is 15.3. The highest BCUT2D eigenvalue weighted by atomic mass is 16.5. The number of hydrogen-bond acceptors (Lipinski definition) is 5.